The fraction of sp³-hybridized carbons (Fsp3) is 0.333. The van der Waals surface area contributed by atoms with Crippen LogP contribution in [0.3, 0.4) is 0 Å². The highest BCUT2D eigenvalue weighted by Gasteiger charge is 2.11. The van der Waals surface area contributed by atoms with Crippen molar-refractivity contribution in [2.75, 3.05) is 11.1 Å². The number of anilines is 1. The van der Waals surface area contributed by atoms with E-state index in [1.165, 1.54) is 5.56 Å². The van der Waals surface area contributed by atoms with Gasteiger partial charge in [0.1, 0.15) is 0 Å². The SMILES string of the molecule is CCS(=O)(=O)c1ccc(NC(C)Cc2ccsc2)cc1. The van der Waals surface area contributed by atoms with E-state index >= 15 is 0 Å². The maximum absolute atomic E-state index is 11.7. The molecule has 0 aliphatic heterocycles. The molecule has 0 aliphatic carbocycles. The van der Waals surface area contributed by atoms with Crippen molar-refractivity contribution in [2.45, 2.75) is 31.2 Å². The van der Waals surface area contributed by atoms with Crippen molar-refractivity contribution in [3.8, 4) is 0 Å². The zero-order chi connectivity index (χ0) is 14.6. The molecule has 0 spiro atoms. The molecule has 1 aromatic heterocycles. The summed E-state index contributed by atoms with van der Waals surface area (Å²) in [6.45, 7) is 3.78. The third-order valence-electron chi connectivity index (χ3n) is 3.13. The van der Waals surface area contributed by atoms with Gasteiger partial charge in [-0.25, -0.2) is 8.42 Å². The van der Waals surface area contributed by atoms with Crippen molar-refractivity contribution in [1.82, 2.24) is 0 Å². The van der Waals surface area contributed by atoms with Gasteiger partial charge in [-0.1, -0.05) is 6.92 Å². The highest BCUT2D eigenvalue weighted by molar-refractivity contribution is 7.91. The molecular formula is C15H19NO2S2. The molecule has 1 atom stereocenters. The summed E-state index contributed by atoms with van der Waals surface area (Å²) in [6.07, 6.45) is 0.957. The van der Waals surface area contributed by atoms with Crippen LogP contribution >= 0.6 is 11.3 Å². The van der Waals surface area contributed by atoms with Crippen LogP contribution in [0.1, 0.15) is 19.4 Å². The molecule has 0 saturated heterocycles. The Morgan fingerprint density at radius 3 is 2.45 bits per heavy atom. The highest BCUT2D eigenvalue weighted by Crippen LogP contribution is 2.17. The maximum atomic E-state index is 11.7. The molecule has 20 heavy (non-hydrogen) atoms. The third-order valence-corrected chi connectivity index (χ3v) is 5.61. The minimum absolute atomic E-state index is 0.133. The van der Waals surface area contributed by atoms with Crippen molar-refractivity contribution >= 4 is 26.9 Å². The van der Waals surface area contributed by atoms with E-state index in [4.69, 9.17) is 0 Å². The second-order valence-electron chi connectivity index (χ2n) is 4.81. The van der Waals surface area contributed by atoms with Gasteiger partial charge >= 0.3 is 0 Å². The predicted molar refractivity (Wildman–Crippen MR) is 85.3 cm³/mol. The van der Waals surface area contributed by atoms with Crippen LogP contribution in [0.5, 0.6) is 0 Å². The first-order valence-corrected chi connectivity index (χ1v) is 9.21. The molecule has 0 radical (unpaired) electrons. The van der Waals surface area contributed by atoms with Gasteiger partial charge in [-0.3, -0.25) is 0 Å². The van der Waals surface area contributed by atoms with E-state index in [-0.39, 0.29) is 5.75 Å². The predicted octanol–water partition coefficient (Wildman–Crippen LogP) is 3.58. The summed E-state index contributed by atoms with van der Waals surface area (Å²) in [5, 5.41) is 7.61. The van der Waals surface area contributed by atoms with Gasteiger partial charge in [0, 0.05) is 11.7 Å². The molecule has 2 rings (SSSR count). The van der Waals surface area contributed by atoms with E-state index in [1.54, 1.807) is 30.4 Å². The summed E-state index contributed by atoms with van der Waals surface area (Å²) in [5.41, 5.74) is 2.27. The number of nitrogens with one attached hydrogen (secondary N) is 1. The second-order valence-corrected chi connectivity index (χ2v) is 7.87. The molecule has 0 saturated carbocycles. The molecule has 1 aromatic carbocycles. The molecule has 0 amide bonds. The molecule has 1 N–H and O–H groups in total. The first kappa shape index (κ1) is 15.1. The Morgan fingerprint density at radius 2 is 1.90 bits per heavy atom. The van der Waals surface area contributed by atoms with Gasteiger partial charge in [0.15, 0.2) is 9.84 Å². The van der Waals surface area contributed by atoms with Gasteiger partial charge in [-0.2, -0.15) is 11.3 Å². The van der Waals surface area contributed by atoms with E-state index in [9.17, 15) is 8.42 Å². The summed E-state index contributed by atoms with van der Waals surface area (Å²) in [6, 6.07) is 9.41. The fourth-order valence-electron chi connectivity index (χ4n) is 2.02. The minimum Gasteiger partial charge on any atom is -0.382 e. The summed E-state index contributed by atoms with van der Waals surface area (Å²) in [4.78, 5) is 0.385. The molecule has 3 nitrogen and oxygen atoms in total. The zero-order valence-corrected chi connectivity index (χ0v) is 13.3. The quantitative estimate of drug-likeness (QED) is 0.887. The molecule has 0 aliphatic rings. The van der Waals surface area contributed by atoms with Gasteiger partial charge in [0.25, 0.3) is 0 Å². The van der Waals surface area contributed by atoms with Crippen molar-refractivity contribution in [1.29, 1.82) is 0 Å². The van der Waals surface area contributed by atoms with Crippen LogP contribution in [-0.2, 0) is 16.3 Å². The molecule has 1 heterocycles. The van der Waals surface area contributed by atoms with Crippen LogP contribution in [0.15, 0.2) is 46.0 Å². The number of hydrogen-bond acceptors (Lipinski definition) is 4. The zero-order valence-electron chi connectivity index (χ0n) is 11.7. The normalized spacial score (nSPS) is 13.1. The van der Waals surface area contributed by atoms with E-state index in [0.29, 0.717) is 10.9 Å². The fourth-order valence-corrected chi connectivity index (χ4v) is 3.59. The summed E-state index contributed by atoms with van der Waals surface area (Å²) >= 11 is 1.70. The lowest BCUT2D eigenvalue weighted by Crippen LogP contribution is -2.17. The minimum atomic E-state index is -3.11. The second kappa shape index (κ2) is 6.41. The molecule has 5 heteroatoms. The van der Waals surface area contributed by atoms with Crippen LogP contribution in [0.25, 0.3) is 0 Å². The van der Waals surface area contributed by atoms with Crippen molar-refractivity contribution in [3.63, 3.8) is 0 Å². The van der Waals surface area contributed by atoms with Gasteiger partial charge < -0.3 is 5.32 Å². The molecular weight excluding hydrogens is 290 g/mol. The smallest absolute Gasteiger partial charge is 0.178 e. The maximum Gasteiger partial charge on any atom is 0.178 e. The van der Waals surface area contributed by atoms with Gasteiger partial charge in [-0.15, -0.1) is 0 Å². The number of benzene rings is 1. The summed E-state index contributed by atoms with van der Waals surface area (Å²) < 4.78 is 23.5. The van der Waals surface area contributed by atoms with Crippen LogP contribution in [-0.4, -0.2) is 20.2 Å². The van der Waals surface area contributed by atoms with Gasteiger partial charge in [0.05, 0.1) is 10.6 Å². The average Bonchev–Trinajstić information content (AvgIpc) is 2.92. The van der Waals surface area contributed by atoms with E-state index < -0.39 is 9.84 Å². The van der Waals surface area contributed by atoms with Gasteiger partial charge in [0.2, 0.25) is 0 Å². The summed E-state index contributed by atoms with van der Waals surface area (Å²) in [7, 11) is -3.11. The standard InChI is InChI=1S/C15H19NO2S2/c1-3-20(17,18)15-6-4-14(5-7-15)16-12(2)10-13-8-9-19-11-13/h4-9,11-12,16H,3,10H2,1-2H3. The van der Waals surface area contributed by atoms with Crippen LogP contribution < -0.4 is 5.32 Å². The number of sulfone groups is 1. The molecule has 0 fully saturated rings. The molecule has 0 bridgehead atoms. The molecule has 108 valence electrons. The van der Waals surface area contributed by atoms with Crippen molar-refractivity contribution in [2.24, 2.45) is 0 Å². The number of hydrogen-bond donors (Lipinski definition) is 1. The van der Waals surface area contributed by atoms with Crippen LogP contribution in [0.4, 0.5) is 5.69 Å². The lowest BCUT2D eigenvalue weighted by molar-refractivity contribution is 0.597. The van der Waals surface area contributed by atoms with Gasteiger partial charge in [-0.05, 0) is 60.0 Å². The van der Waals surface area contributed by atoms with Crippen molar-refractivity contribution in [3.05, 3.63) is 46.7 Å². The lowest BCUT2D eigenvalue weighted by atomic mass is 10.1. The van der Waals surface area contributed by atoms with Crippen LogP contribution in [0.2, 0.25) is 0 Å². The monoisotopic (exact) mass is 309 g/mol. The Morgan fingerprint density at radius 1 is 1.20 bits per heavy atom. The Hall–Kier alpha value is -1.33. The Balaban J connectivity index is 2.00. The summed E-state index contributed by atoms with van der Waals surface area (Å²) in [5.74, 6) is 0.133. The Kier molecular flexibility index (Phi) is 4.83. The molecule has 1 unspecified atom stereocenters. The third kappa shape index (κ3) is 3.84. The highest BCUT2D eigenvalue weighted by atomic mass is 32.2. The van der Waals surface area contributed by atoms with E-state index in [0.717, 1.165) is 12.1 Å². The molecule has 2 aromatic rings. The Labute approximate surface area is 124 Å². The average molecular weight is 309 g/mol. The number of rotatable bonds is 6. The van der Waals surface area contributed by atoms with E-state index in [2.05, 4.69) is 29.1 Å². The first-order chi connectivity index (χ1) is 9.51. The topological polar surface area (TPSA) is 46.2 Å². The lowest BCUT2D eigenvalue weighted by Gasteiger charge is -2.15. The number of thiophene rings is 1. The Bertz CT molecular complexity index is 631. The van der Waals surface area contributed by atoms with Crippen molar-refractivity contribution < 1.29 is 8.42 Å². The largest absolute Gasteiger partial charge is 0.382 e. The first-order valence-electron chi connectivity index (χ1n) is 6.61. The van der Waals surface area contributed by atoms with E-state index in [1.807, 2.05) is 12.1 Å². The van der Waals surface area contributed by atoms with Crippen LogP contribution in [0, 0.1) is 0 Å².